The molecule has 0 bridgehead atoms. The highest BCUT2D eigenvalue weighted by Crippen LogP contribution is 2.38. The summed E-state index contributed by atoms with van der Waals surface area (Å²) in [7, 11) is 0. The van der Waals surface area contributed by atoms with Gasteiger partial charge in [0.05, 0.1) is 11.1 Å². The van der Waals surface area contributed by atoms with E-state index in [1.165, 1.54) is 0 Å². The van der Waals surface area contributed by atoms with Gasteiger partial charge in [0, 0.05) is 5.56 Å². The van der Waals surface area contributed by atoms with Gasteiger partial charge < -0.3 is 14.2 Å². The van der Waals surface area contributed by atoms with Crippen molar-refractivity contribution in [2.24, 2.45) is 4.99 Å². The van der Waals surface area contributed by atoms with Crippen molar-refractivity contribution in [2.45, 2.75) is 13.5 Å². The Labute approximate surface area is 224 Å². The van der Waals surface area contributed by atoms with Crippen molar-refractivity contribution < 1.29 is 19.0 Å². The highest BCUT2D eigenvalue weighted by atomic mass is 79.9. The lowest BCUT2D eigenvalue weighted by Crippen LogP contribution is -2.05. The molecule has 0 fully saturated rings. The molecular weight excluding hydrogens is 530 g/mol. The Hall–Kier alpha value is -4.16. The summed E-state index contributed by atoms with van der Waals surface area (Å²) in [5.74, 6) is 0.958. The summed E-state index contributed by atoms with van der Waals surface area (Å²) in [6, 6.07) is 31.5. The molecule has 37 heavy (non-hydrogen) atoms. The number of esters is 1. The second-order valence-corrected chi connectivity index (χ2v) is 9.17. The van der Waals surface area contributed by atoms with E-state index in [1.807, 2.05) is 91.9 Å². The summed E-state index contributed by atoms with van der Waals surface area (Å²) in [4.78, 5) is 17.1. The maximum Gasteiger partial charge on any atom is 0.363 e. The van der Waals surface area contributed by atoms with Gasteiger partial charge in [-0.3, -0.25) is 0 Å². The number of halogens is 1. The van der Waals surface area contributed by atoms with E-state index in [1.54, 1.807) is 6.08 Å². The van der Waals surface area contributed by atoms with Crippen molar-refractivity contribution in [2.75, 3.05) is 6.61 Å². The molecule has 6 heteroatoms. The largest absolute Gasteiger partial charge is 0.490 e. The average Bonchev–Trinajstić information content (AvgIpc) is 3.29. The van der Waals surface area contributed by atoms with Gasteiger partial charge in [0.1, 0.15) is 6.61 Å². The van der Waals surface area contributed by atoms with Crippen LogP contribution in [-0.4, -0.2) is 18.5 Å². The van der Waals surface area contributed by atoms with E-state index in [-0.39, 0.29) is 11.6 Å². The van der Waals surface area contributed by atoms with Crippen LogP contribution >= 0.6 is 15.9 Å². The molecule has 5 rings (SSSR count). The van der Waals surface area contributed by atoms with Gasteiger partial charge in [0.15, 0.2) is 17.2 Å². The van der Waals surface area contributed by atoms with E-state index in [0.29, 0.717) is 29.2 Å². The smallest absolute Gasteiger partial charge is 0.363 e. The second kappa shape index (κ2) is 11.3. The van der Waals surface area contributed by atoms with Gasteiger partial charge in [-0.25, -0.2) is 9.79 Å². The van der Waals surface area contributed by atoms with Crippen LogP contribution in [0.4, 0.5) is 0 Å². The molecule has 5 nitrogen and oxygen atoms in total. The van der Waals surface area contributed by atoms with E-state index in [9.17, 15) is 4.79 Å². The minimum absolute atomic E-state index is 0.217. The molecule has 0 saturated heterocycles. The van der Waals surface area contributed by atoms with Crippen LogP contribution in [0.1, 0.15) is 23.6 Å². The number of aliphatic imine (C=N–C) groups is 1. The van der Waals surface area contributed by atoms with E-state index in [0.717, 1.165) is 27.8 Å². The highest BCUT2D eigenvalue weighted by molar-refractivity contribution is 9.10. The summed E-state index contributed by atoms with van der Waals surface area (Å²) in [5, 5.41) is 0. The first-order valence-corrected chi connectivity index (χ1v) is 12.7. The lowest BCUT2D eigenvalue weighted by Gasteiger charge is -2.15. The van der Waals surface area contributed by atoms with Gasteiger partial charge in [0.2, 0.25) is 5.90 Å². The number of carbonyl (C=O) groups excluding carboxylic acids is 1. The molecule has 0 atom stereocenters. The molecule has 4 aromatic rings. The van der Waals surface area contributed by atoms with E-state index in [4.69, 9.17) is 14.2 Å². The molecule has 0 amide bonds. The van der Waals surface area contributed by atoms with Crippen molar-refractivity contribution >= 4 is 33.9 Å². The molecule has 4 aromatic carbocycles. The molecule has 0 spiro atoms. The first-order chi connectivity index (χ1) is 18.1. The molecule has 0 aromatic heterocycles. The standard InChI is InChI=1S/C31H24BrNO4/c1-2-35-28-19-22(17-26(32)29(28)36-20-21-9-5-3-6-10-21)18-27-31(34)37-30(33-27)25-15-13-24(14-16-25)23-11-7-4-8-12-23/h3-19H,2,20H2,1H3/b27-18-. The summed E-state index contributed by atoms with van der Waals surface area (Å²) < 4.78 is 18.1. The normalized spacial score (nSPS) is 13.8. The Balaban J connectivity index is 1.38. The van der Waals surface area contributed by atoms with E-state index >= 15 is 0 Å². The Morgan fingerprint density at radius 3 is 2.19 bits per heavy atom. The first-order valence-electron chi connectivity index (χ1n) is 11.9. The van der Waals surface area contributed by atoms with Gasteiger partial charge in [-0.1, -0.05) is 72.8 Å². The zero-order valence-corrected chi connectivity index (χ0v) is 21.8. The monoisotopic (exact) mass is 553 g/mol. The van der Waals surface area contributed by atoms with Crippen molar-refractivity contribution in [3.8, 4) is 22.6 Å². The number of benzene rings is 4. The molecule has 1 aliphatic rings. The lowest BCUT2D eigenvalue weighted by molar-refractivity contribution is -0.129. The van der Waals surface area contributed by atoms with Crippen LogP contribution in [0.3, 0.4) is 0 Å². The van der Waals surface area contributed by atoms with Crippen LogP contribution in [0.5, 0.6) is 11.5 Å². The fourth-order valence-electron chi connectivity index (χ4n) is 3.93. The first kappa shape index (κ1) is 24.5. The zero-order chi connectivity index (χ0) is 25.6. The molecule has 0 saturated carbocycles. The second-order valence-electron chi connectivity index (χ2n) is 8.32. The lowest BCUT2D eigenvalue weighted by atomic mass is 10.0. The Morgan fingerprint density at radius 2 is 1.49 bits per heavy atom. The van der Waals surface area contributed by atoms with Gasteiger partial charge in [-0.15, -0.1) is 0 Å². The third-order valence-electron chi connectivity index (χ3n) is 5.72. The van der Waals surface area contributed by atoms with Gasteiger partial charge in [-0.05, 0) is 75.4 Å². The molecule has 0 radical (unpaired) electrons. The molecular formula is C31H24BrNO4. The van der Waals surface area contributed by atoms with E-state index in [2.05, 4.69) is 33.1 Å². The number of nitrogens with zero attached hydrogens (tertiary/aromatic N) is 1. The molecule has 184 valence electrons. The topological polar surface area (TPSA) is 57.1 Å². The minimum Gasteiger partial charge on any atom is -0.490 e. The van der Waals surface area contributed by atoms with E-state index < -0.39 is 5.97 Å². The summed E-state index contributed by atoms with van der Waals surface area (Å²) in [6.45, 7) is 2.79. The van der Waals surface area contributed by atoms with Crippen LogP contribution in [0.25, 0.3) is 17.2 Å². The highest BCUT2D eigenvalue weighted by Gasteiger charge is 2.24. The Bertz CT molecular complexity index is 1460. The van der Waals surface area contributed by atoms with Crippen LogP contribution in [0, 0.1) is 0 Å². The van der Waals surface area contributed by atoms with Crippen molar-refractivity contribution in [3.63, 3.8) is 0 Å². The fourth-order valence-corrected chi connectivity index (χ4v) is 4.50. The maximum atomic E-state index is 12.6. The number of hydrogen-bond donors (Lipinski definition) is 0. The summed E-state index contributed by atoms with van der Waals surface area (Å²) in [6.07, 6.45) is 1.68. The zero-order valence-electron chi connectivity index (χ0n) is 20.2. The van der Waals surface area contributed by atoms with Crippen molar-refractivity contribution in [1.29, 1.82) is 0 Å². The molecule has 1 aliphatic heterocycles. The van der Waals surface area contributed by atoms with Crippen LogP contribution in [-0.2, 0) is 16.1 Å². The predicted octanol–water partition coefficient (Wildman–Crippen LogP) is 7.44. The van der Waals surface area contributed by atoms with Crippen molar-refractivity contribution in [3.05, 3.63) is 124 Å². The minimum atomic E-state index is -0.499. The Morgan fingerprint density at radius 1 is 0.838 bits per heavy atom. The third-order valence-corrected chi connectivity index (χ3v) is 6.31. The maximum absolute atomic E-state index is 12.6. The Kier molecular flexibility index (Phi) is 7.47. The predicted molar refractivity (Wildman–Crippen MR) is 149 cm³/mol. The molecule has 0 N–H and O–H groups in total. The molecule has 0 unspecified atom stereocenters. The van der Waals surface area contributed by atoms with Crippen molar-refractivity contribution in [1.82, 2.24) is 0 Å². The number of ether oxygens (including phenoxy) is 3. The number of hydrogen-bond acceptors (Lipinski definition) is 5. The van der Waals surface area contributed by atoms with Crippen LogP contribution < -0.4 is 9.47 Å². The summed E-state index contributed by atoms with van der Waals surface area (Å²) >= 11 is 3.59. The number of carbonyl (C=O) groups is 1. The quantitative estimate of drug-likeness (QED) is 0.168. The van der Waals surface area contributed by atoms with Gasteiger partial charge in [-0.2, -0.15) is 0 Å². The van der Waals surface area contributed by atoms with Crippen LogP contribution in [0.2, 0.25) is 0 Å². The SMILES string of the molecule is CCOc1cc(/C=C2\N=C(c3ccc(-c4ccccc4)cc3)OC2=O)cc(Br)c1OCc1ccccc1. The molecule has 1 heterocycles. The van der Waals surface area contributed by atoms with Crippen LogP contribution in [0.15, 0.2) is 112 Å². The van der Waals surface area contributed by atoms with Gasteiger partial charge in [0.25, 0.3) is 0 Å². The number of rotatable bonds is 8. The number of cyclic esters (lactones) is 1. The fraction of sp³-hybridized carbons (Fsp3) is 0.0968. The molecule has 0 aliphatic carbocycles. The summed E-state index contributed by atoms with van der Waals surface area (Å²) in [5.41, 5.74) is 4.93. The third kappa shape index (κ3) is 5.81. The average molecular weight is 554 g/mol. The van der Waals surface area contributed by atoms with Gasteiger partial charge >= 0.3 is 5.97 Å².